The Bertz CT molecular complexity index is 630. The summed E-state index contributed by atoms with van der Waals surface area (Å²) < 4.78 is 5.23. The molecule has 1 aliphatic carbocycles. The van der Waals surface area contributed by atoms with E-state index in [1.54, 1.807) is 7.11 Å². The van der Waals surface area contributed by atoms with Crippen molar-refractivity contribution in [2.75, 3.05) is 7.11 Å². The molecular weight excluding hydrogens is 242 g/mol. The molecule has 19 heavy (non-hydrogen) atoms. The van der Waals surface area contributed by atoms with Gasteiger partial charge in [0, 0.05) is 22.7 Å². The summed E-state index contributed by atoms with van der Waals surface area (Å²) in [4.78, 5) is 14.4. The van der Waals surface area contributed by atoms with Gasteiger partial charge >= 0.3 is 5.97 Å². The highest BCUT2D eigenvalue weighted by molar-refractivity contribution is 5.87. The Balaban J connectivity index is 2.11. The van der Waals surface area contributed by atoms with Crippen molar-refractivity contribution in [2.45, 2.75) is 31.6 Å². The first kappa shape index (κ1) is 12.1. The van der Waals surface area contributed by atoms with Gasteiger partial charge in [-0.2, -0.15) is 0 Å². The van der Waals surface area contributed by atoms with Crippen molar-refractivity contribution in [3.8, 4) is 5.75 Å². The molecule has 1 heterocycles. The third-order valence-electron chi connectivity index (χ3n) is 3.94. The number of ether oxygens (including phenoxy) is 1. The Labute approximate surface area is 111 Å². The standard InChI is InChI=1S/C15H17NO3/c1-19-10-5-6-11-13(8-10)16-12-4-2-3-9(15(11)12)7-14(17)18/h5-6,8-9,16H,2-4,7H2,1H3,(H,17,18). The zero-order valence-corrected chi connectivity index (χ0v) is 10.9. The van der Waals surface area contributed by atoms with Gasteiger partial charge in [-0.05, 0) is 42.9 Å². The van der Waals surface area contributed by atoms with E-state index >= 15 is 0 Å². The molecule has 0 fully saturated rings. The van der Waals surface area contributed by atoms with Crippen LogP contribution in [0.4, 0.5) is 0 Å². The number of carboxylic acids is 1. The zero-order valence-electron chi connectivity index (χ0n) is 10.9. The number of methoxy groups -OCH3 is 1. The SMILES string of the molecule is COc1ccc2c3c([nH]c2c1)CCCC3CC(=O)O. The quantitative estimate of drug-likeness (QED) is 0.890. The topological polar surface area (TPSA) is 62.3 Å². The Morgan fingerprint density at radius 3 is 3.11 bits per heavy atom. The molecule has 4 nitrogen and oxygen atoms in total. The van der Waals surface area contributed by atoms with Crippen LogP contribution in [0.2, 0.25) is 0 Å². The Morgan fingerprint density at radius 2 is 2.37 bits per heavy atom. The minimum atomic E-state index is -0.722. The Morgan fingerprint density at radius 1 is 1.53 bits per heavy atom. The van der Waals surface area contributed by atoms with Gasteiger partial charge in [-0.15, -0.1) is 0 Å². The highest BCUT2D eigenvalue weighted by Gasteiger charge is 2.26. The summed E-state index contributed by atoms with van der Waals surface area (Å²) in [5, 5.41) is 10.2. The second-order valence-corrected chi connectivity index (χ2v) is 5.12. The average molecular weight is 259 g/mol. The summed E-state index contributed by atoms with van der Waals surface area (Å²) >= 11 is 0. The number of fused-ring (bicyclic) bond motifs is 3. The number of H-pyrrole nitrogens is 1. The molecule has 4 heteroatoms. The highest BCUT2D eigenvalue weighted by atomic mass is 16.5. The molecule has 0 saturated heterocycles. The first-order chi connectivity index (χ1) is 9.19. The van der Waals surface area contributed by atoms with Crippen LogP contribution >= 0.6 is 0 Å². The highest BCUT2D eigenvalue weighted by Crippen LogP contribution is 2.39. The number of carboxylic acid groups (broad SMARTS) is 1. The summed E-state index contributed by atoms with van der Waals surface area (Å²) in [5.41, 5.74) is 3.44. The first-order valence-corrected chi connectivity index (χ1v) is 6.59. The van der Waals surface area contributed by atoms with Crippen LogP contribution in [0, 0.1) is 0 Å². The second kappa shape index (κ2) is 4.61. The van der Waals surface area contributed by atoms with Gasteiger partial charge in [0.25, 0.3) is 0 Å². The van der Waals surface area contributed by atoms with Crippen LogP contribution in [0.1, 0.15) is 36.4 Å². The van der Waals surface area contributed by atoms with Crippen molar-refractivity contribution in [1.29, 1.82) is 0 Å². The summed E-state index contributed by atoms with van der Waals surface area (Å²) in [6, 6.07) is 5.94. The fourth-order valence-corrected chi connectivity index (χ4v) is 3.13. The van der Waals surface area contributed by atoms with Gasteiger partial charge < -0.3 is 14.8 Å². The molecule has 2 N–H and O–H groups in total. The van der Waals surface area contributed by atoms with Crippen molar-refractivity contribution < 1.29 is 14.6 Å². The minimum absolute atomic E-state index is 0.128. The van der Waals surface area contributed by atoms with Gasteiger partial charge in [0.05, 0.1) is 13.5 Å². The van der Waals surface area contributed by atoms with Gasteiger partial charge in [0.1, 0.15) is 5.75 Å². The van der Waals surface area contributed by atoms with Crippen molar-refractivity contribution >= 4 is 16.9 Å². The number of carbonyl (C=O) groups is 1. The summed E-state index contributed by atoms with van der Waals surface area (Å²) in [6.07, 6.45) is 3.22. The van der Waals surface area contributed by atoms with E-state index < -0.39 is 5.97 Å². The fraction of sp³-hybridized carbons (Fsp3) is 0.400. The monoisotopic (exact) mass is 259 g/mol. The largest absolute Gasteiger partial charge is 0.497 e. The maximum Gasteiger partial charge on any atom is 0.303 e. The number of hydrogen-bond donors (Lipinski definition) is 2. The van der Waals surface area contributed by atoms with Gasteiger partial charge in [0.15, 0.2) is 0 Å². The summed E-state index contributed by atoms with van der Waals surface area (Å²) in [6.45, 7) is 0. The van der Waals surface area contributed by atoms with Crippen molar-refractivity contribution in [3.05, 3.63) is 29.5 Å². The van der Waals surface area contributed by atoms with Crippen molar-refractivity contribution in [3.63, 3.8) is 0 Å². The predicted molar refractivity (Wildman–Crippen MR) is 72.8 cm³/mol. The van der Waals surface area contributed by atoms with E-state index in [1.807, 2.05) is 18.2 Å². The van der Waals surface area contributed by atoms with Gasteiger partial charge in [-0.25, -0.2) is 0 Å². The number of hydrogen-bond acceptors (Lipinski definition) is 2. The Hall–Kier alpha value is -1.97. The molecule has 2 aromatic rings. The lowest BCUT2D eigenvalue weighted by Crippen LogP contribution is -2.12. The lowest BCUT2D eigenvalue weighted by molar-refractivity contribution is -0.137. The summed E-state index contributed by atoms with van der Waals surface area (Å²) in [5.74, 6) is 0.227. The fourth-order valence-electron chi connectivity index (χ4n) is 3.13. The molecule has 1 atom stereocenters. The van der Waals surface area contributed by atoms with Crippen LogP contribution in [-0.4, -0.2) is 23.2 Å². The zero-order chi connectivity index (χ0) is 13.4. The van der Waals surface area contributed by atoms with E-state index in [9.17, 15) is 4.79 Å². The van der Waals surface area contributed by atoms with Crippen molar-refractivity contribution in [1.82, 2.24) is 4.98 Å². The molecule has 1 aromatic carbocycles. The molecule has 0 saturated carbocycles. The number of rotatable bonds is 3. The number of aromatic nitrogens is 1. The number of benzene rings is 1. The van der Waals surface area contributed by atoms with Gasteiger partial charge in [-0.1, -0.05) is 0 Å². The van der Waals surface area contributed by atoms with Crippen LogP contribution in [0.25, 0.3) is 10.9 Å². The van der Waals surface area contributed by atoms with E-state index in [2.05, 4.69) is 4.98 Å². The predicted octanol–water partition coefficient (Wildman–Crippen LogP) is 3.07. The Kier molecular flexibility index (Phi) is 2.93. The summed E-state index contributed by atoms with van der Waals surface area (Å²) in [7, 11) is 1.65. The van der Waals surface area contributed by atoms with Crippen molar-refractivity contribution in [2.24, 2.45) is 0 Å². The number of aliphatic carboxylic acids is 1. The molecule has 1 aliphatic rings. The van der Waals surface area contributed by atoms with E-state index in [0.717, 1.165) is 35.9 Å². The maximum absolute atomic E-state index is 11.0. The normalized spacial score (nSPS) is 18.3. The third-order valence-corrected chi connectivity index (χ3v) is 3.94. The maximum atomic E-state index is 11.0. The minimum Gasteiger partial charge on any atom is -0.497 e. The number of nitrogens with one attached hydrogen (secondary N) is 1. The molecule has 0 spiro atoms. The molecule has 1 unspecified atom stereocenters. The van der Waals surface area contributed by atoms with E-state index in [4.69, 9.17) is 9.84 Å². The third kappa shape index (κ3) is 2.07. The van der Waals surface area contributed by atoms with E-state index in [-0.39, 0.29) is 12.3 Å². The molecule has 0 radical (unpaired) electrons. The molecule has 1 aromatic heterocycles. The first-order valence-electron chi connectivity index (χ1n) is 6.59. The lowest BCUT2D eigenvalue weighted by Gasteiger charge is -2.21. The number of aromatic amines is 1. The molecular formula is C15H17NO3. The lowest BCUT2D eigenvalue weighted by atomic mass is 9.83. The van der Waals surface area contributed by atoms with Crippen LogP contribution in [0.3, 0.4) is 0 Å². The molecule has 3 rings (SSSR count). The molecule has 0 bridgehead atoms. The molecule has 0 aliphatic heterocycles. The smallest absolute Gasteiger partial charge is 0.303 e. The van der Waals surface area contributed by atoms with E-state index in [0.29, 0.717) is 0 Å². The molecule has 100 valence electrons. The van der Waals surface area contributed by atoms with Gasteiger partial charge in [0.2, 0.25) is 0 Å². The van der Waals surface area contributed by atoms with Crippen LogP contribution in [0.5, 0.6) is 5.75 Å². The van der Waals surface area contributed by atoms with Crippen LogP contribution in [0.15, 0.2) is 18.2 Å². The molecule has 0 amide bonds. The van der Waals surface area contributed by atoms with Crippen LogP contribution in [-0.2, 0) is 11.2 Å². The number of aryl methyl sites for hydroxylation is 1. The van der Waals surface area contributed by atoms with Crippen LogP contribution < -0.4 is 4.74 Å². The van der Waals surface area contributed by atoms with Gasteiger partial charge in [-0.3, -0.25) is 4.79 Å². The van der Waals surface area contributed by atoms with E-state index in [1.165, 1.54) is 11.3 Å². The average Bonchev–Trinajstić information content (AvgIpc) is 2.76. The second-order valence-electron chi connectivity index (χ2n) is 5.12.